The zero-order valence-corrected chi connectivity index (χ0v) is 13.7. The molecule has 1 aliphatic heterocycles. The maximum atomic E-state index is 12.7. The maximum absolute atomic E-state index is 12.7. The van der Waals surface area contributed by atoms with E-state index in [0.717, 1.165) is 31.2 Å². The zero-order chi connectivity index (χ0) is 17.1. The molecule has 0 bridgehead atoms. The largest absolute Gasteiger partial charge is 0.497 e. The summed E-state index contributed by atoms with van der Waals surface area (Å²) in [5.41, 5.74) is 1.17. The molecule has 1 saturated heterocycles. The van der Waals surface area contributed by atoms with Crippen LogP contribution in [0.2, 0.25) is 0 Å². The van der Waals surface area contributed by atoms with Crippen LogP contribution in [0.5, 0.6) is 5.75 Å². The van der Waals surface area contributed by atoms with Crippen LogP contribution in [0.3, 0.4) is 0 Å². The number of rotatable bonds is 4. The van der Waals surface area contributed by atoms with Gasteiger partial charge in [-0.25, -0.2) is 4.79 Å². The van der Waals surface area contributed by atoms with Crippen LogP contribution >= 0.6 is 0 Å². The summed E-state index contributed by atoms with van der Waals surface area (Å²) in [5.74, 6) is -0.292. The van der Waals surface area contributed by atoms with Crippen molar-refractivity contribution >= 4 is 12.0 Å². The van der Waals surface area contributed by atoms with Crippen molar-refractivity contribution in [3.63, 3.8) is 0 Å². The summed E-state index contributed by atoms with van der Waals surface area (Å²) in [7, 11) is 1.59. The van der Waals surface area contributed by atoms with Gasteiger partial charge in [0, 0.05) is 5.70 Å². The van der Waals surface area contributed by atoms with Crippen molar-refractivity contribution in [1.82, 2.24) is 10.6 Å². The zero-order valence-electron chi connectivity index (χ0n) is 13.7. The van der Waals surface area contributed by atoms with Crippen LogP contribution in [0.1, 0.15) is 37.3 Å². The molecule has 2 atom stereocenters. The molecular formula is C18H22N2O4. The number of hydrogen-bond donors (Lipinski definition) is 2. The van der Waals surface area contributed by atoms with E-state index in [1.54, 1.807) is 19.2 Å². The molecule has 2 fully saturated rings. The van der Waals surface area contributed by atoms with Gasteiger partial charge in [0.15, 0.2) is 0 Å². The fraction of sp³-hybridized carbons (Fsp3) is 0.444. The van der Waals surface area contributed by atoms with Crippen molar-refractivity contribution in [3.8, 4) is 5.75 Å². The fourth-order valence-electron chi connectivity index (χ4n) is 3.29. The highest BCUT2D eigenvalue weighted by molar-refractivity contribution is 5.85. The van der Waals surface area contributed by atoms with Gasteiger partial charge >= 0.3 is 12.0 Å². The summed E-state index contributed by atoms with van der Waals surface area (Å²) < 4.78 is 10.8. The Hall–Kier alpha value is -2.50. The average molecular weight is 330 g/mol. The van der Waals surface area contributed by atoms with Gasteiger partial charge in [0.05, 0.1) is 13.2 Å². The Kier molecular flexibility index (Phi) is 4.74. The summed E-state index contributed by atoms with van der Waals surface area (Å²) in [6.07, 6.45) is 3.94. The molecule has 24 heavy (non-hydrogen) atoms. The number of benzene rings is 1. The SMILES string of the molecule is C=C1NC(=O)NC(c2ccc(OC)cc2)C1C(=O)OC1CCCC1. The van der Waals surface area contributed by atoms with Crippen molar-refractivity contribution in [2.24, 2.45) is 5.92 Å². The van der Waals surface area contributed by atoms with Crippen molar-refractivity contribution in [1.29, 1.82) is 0 Å². The lowest BCUT2D eigenvalue weighted by molar-refractivity contribution is -0.153. The van der Waals surface area contributed by atoms with Crippen LogP contribution in [0.4, 0.5) is 4.79 Å². The second-order valence-corrected chi connectivity index (χ2v) is 6.20. The molecule has 1 aliphatic carbocycles. The van der Waals surface area contributed by atoms with Crippen molar-refractivity contribution in [2.45, 2.75) is 37.8 Å². The summed E-state index contributed by atoms with van der Waals surface area (Å²) in [5, 5.41) is 5.39. The Morgan fingerprint density at radius 2 is 1.88 bits per heavy atom. The van der Waals surface area contributed by atoms with E-state index in [1.807, 2.05) is 12.1 Å². The van der Waals surface area contributed by atoms with Gasteiger partial charge in [-0.1, -0.05) is 18.7 Å². The number of hydrogen-bond acceptors (Lipinski definition) is 4. The van der Waals surface area contributed by atoms with E-state index in [0.29, 0.717) is 11.4 Å². The van der Waals surface area contributed by atoms with Gasteiger partial charge in [0.25, 0.3) is 0 Å². The van der Waals surface area contributed by atoms with E-state index in [9.17, 15) is 9.59 Å². The third-order valence-electron chi connectivity index (χ3n) is 4.58. The number of ether oxygens (including phenoxy) is 2. The monoisotopic (exact) mass is 330 g/mol. The van der Waals surface area contributed by atoms with E-state index in [4.69, 9.17) is 9.47 Å². The van der Waals surface area contributed by atoms with Gasteiger partial charge in [-0.2, -0.15) is 0 Å². The molecule has 1 heterocycles. The minimum Gasteiger partial charge on any atom is -0.497 e. The molecule has 2 amide bonds. The van der Waals surface area contributed by atoms with E-state index >= 15 is 0 Å². The maximum Gasteiger partial charge on any atom is 0.319 e. The lowest BCUT2D eigenvalue weighted by atomic mass is 9.89. The first-order chi connectivity index (χ1) is 11.6. The van der Waals surface area contributed by atoms with Crippen LogP contribution < -0.4 is 15.4 Å². The number of amides is 2. The first kappa shape index (κ1) is 16.4. The molecule has 6 nitrogen and oxygen atoms in total. The predicted octanol–water partition coefficient (Wildman–Crippen LogP) is 2.66. The highest BCUT2D eigenvalue weighted by atomic mass is 16.5. The summed E-state index contributed by atoms with van der Waals surface area (Å²) in [4.78, 5) is 24.5. The molecule has 2 N–H and O–H groups in total. The van der Waals surface area contributed by atoms with Crippen LogP contribution in [-0.2, 0) is 9.53 Å². The summed E-state index contributed by atoms with van der Waals surface area (Å²) in [6.45, 7) is 3.85. The Morgan fingerprint density at radius 3 is 2.50 bits per heavy atom. The molecule has 3 rings (SSSR count). The molecule has 6 heteroatoms. The van der Waals surface area contributed by atoms with E-state index in [-0.39, 0.29) is 18.1 Å². The normalized spacial score (nSPS) is 24.2. The number of esters is 1. The lowest BCUT2D eigenvalue weighted by Gasteiger charge is -2.33. The number of methoxy groups -OCH3 is 1. The van der Waals surface area contributed by atoms with Crippen LogP contribution in [0, 0.1) is 5.92 Å². The first-order valence-corrected chi connectivity index (χ1v) is 8.19. The minimum absolute atomic E-state index is 0.0283. The van der Waals surface area contributed by atoms with Gasteiger partial charge in [-0.15, -0.1) is 0 Å². The predicted molar refractivity (Wildman–Crippen MR) is 88.4 cm³/mol. The molecule has 2 unspecified atom stereocenters. The lowest BCUT2D eigenvalue weighted by Crippen LogP contribution is -2.51. The van der Waals surface area contributed by atoms with E-state index in [1.165, 1.54) is 0 Å². The highest BCUT2D eigenvalue weighted by Gasteiger charge is 2.40. The van der Waals surface area contributed by atoms with Gasteiger partial charge in [-0.3, -0.25) is 4.79 Å². The average Bonchev–Trinajstić information content (AvgIpc) is 3.07. The van der Waals surface area contributed by atoms with E-state index < -0.39 is 12.0 Å². The number of carbonyl (C=O) groups excluding carboxylic acids is 2. The first-order valence-electron chi connectivity index (χ1n) is 8.19. The molecular weight excluding hydrogens is 308 g/mol. The Bertz CT molecular complexity index is 635. The molecule has 2 aliphatic rings. The molecule has 128 valence electrons. The molecule has 0 spiro atoms. The number of urea groups is 1. The van der Waals surface area contributed by atoms with Gasteiger partial charge in [0.1, 0.15) is 17.8 Å². The van der Waals surface area contributed by atoms with Crippen molar-refractivity contribution < 1.29 is 19.1 Å². The van der Waals surface area contributed by atoms with Gasteiger partial charge in [0.2, 0.25) is 0 Å². The third kappa shape index (κ3) is 3.37. The number of nitrogens with one attached hydrogen (secondary N) is 2. The Labute approximate surface area is 141 Å². The third-order valence-corrected chi connectivity index (χ3v) is 4.58. The molecule has 1 aromatic carbocycles. The molecule has 0 aromatic heterocycles. The van der Waals surface area contributed by atoms with Crippen molar-refractivity contribution in [2.75, 3.05) is 7.11 Å². The highest BCUT2D eigenvalue weighted by Crippen LogP contribution is 2.32. The smallest absolute Gasteiger partial charge is 0.319 e. The Morgan fingerprint density at radius 1 is 1.21 bits per heavy atom. The van der Waals surface area contributed by atoms with Crippen LogP contribution in [-0.4, -0.2) is 25.2 Å². The summed E-state index contributed by atoms with van der Waals surface area (Å²) >= 11 is 0. The van der Waals surface area contributed by atoms with Crippen molar-refractivity contribution in [3.05, 3.63) is 42.1 Å². The topological polar surface area (TPSA) is 76.7 Å². The number of carbonyl (C=O) groups is 2. The quantitative estimate of drug-likeness (QED) is 0.832. The Balaban J connectivity index is 1.82. The second-order valence-electron chi connectivity index (χ2n) is 6.20. The molecule has 1 aromatic rings. The fourth-order valence-corrected chi connectivity index (χ4v) is 3.29. The minimum atomic E-state index is -0.656. The standard InChI is InChI=1S/C18H22N2O4/c1-11-15(17(21)24-14-5-3-4-6-14)16(20-18(22)19-11)12-7-9-13(23-2)10-8-12/h7-10,14-16H,1,3-6H2,2H3,(H2,19,20,22). The molecule has 1 saturated carbocycles. The van der Waals surface area contributed by atoms with Crippen LogP contribution in [0.15, 0.2) is 36.5 Å². The second kappa shape index (κ2) is 6.95. The van der Waals surface area contributed by atoms with Gasteiger partial charge in [-0.05, 0) is 43.4 Å². The van der Waals surface area contributed by atoms with Crippen LogP contribution in [0.25, 0.3) is 0 Å². The van der Waals surface area contributed by atoms with E-state index in [2.05, 4.69) is 17.2 Å². The van der Waals surface area contributed by atoms with Gasteiger partial charge < -0.3 is 20.1 Å². The summed E-state index contributed by atoms with van der Waals surface area (Å²) in [6, 6.07) is 6.38. The molecule has 0 radical (unpaired) electrons.